The predicted molar refractivity (Wildman–Crippen MR) is 96.0 cm³/mol. The number of thiazole rings is 1. The van der Waals surface area contributed by atoms with Crippen LogP contribution in [0, 0.1) is 0 Å². The maximum absolute atomic E-state index is 5.90. The second-order valence-electron chi connectivity index (χ2n) is 4.84. The van der Waals surface area contributed by atoms with Crippen LogP contribution in [0.1, 0.15) is 5.01 Å². The number of H-pyrrole nitrogens is 1. The van der Waals surface area contributed by atoms with E-state index in [0.29, 0.717) is 10.2 Å². The van der Waals surface area contributed by atoms with E-state index in [-0.39, 0.29) is 0 Å². The van der Waals surface area contributed by atoms with E-state index in [4.69, 9.17) is 11.6 Å². The van der Waals surface area contributed by atoms with E-state index in [9.17, 15) is 0 Å². The van der Waals surface area contributed by atoms with E-state index in [1.807, 2.05) is 42.5 Å². The minimum atomic E-state index is 0.707. The molecule has 114 valence electrons. The summed E-state index contributed by atoms with van der Waals surface area (Å²) in [6.07, 6.45) is 0. The van der Waals surface area contributed by atoms with E-state index in [0.717, 1.165) is 27.7 Å². The molecule has 0 fully saturated rings. The fourth-order valence-corrected chi connectivity index (χ4v) is 4.04. The SMILES string of the molecule is Clc1ccc(-c2nc(SCc3nc4ccccc4s3)n[nH]2)cc1. The first kappa shape index (κ1) is 14.7. The summed E-state index contributed by atoms with van der Waals surface area (Å²) in [5.41, 5.74) is 2.01. The van der Waals surface area contributed by atoms with Crippen molar-refractivity contribution in [2.75, 3.05) is 0 Å². The van der Waals surface area contributed by atoms with Crippen LogP contribution in [0.4, 0.5) is 0 Å². The van der Waals surface area contributed by atoms with Crippen LogP contribution in [0.5, 0.6) is 0 Å². The zero-order valence-corrected chi connectivity index (χ0v) is 14.3. The van der Waals surface area contributed by atoms with Crippen LogP contribution in [-0.4, -0.2) is 20.2 Å². The lowest BCUT2D eigenvalue weighted by molar-refractivity contribution is 0.973. The lowest BCUT2D eigenvalue weighted by atomic mass is 10.2. The fourth-order valence-electron chi connectivity index (χ4n) is 2.16. The van der Waals surface area contributed by atoms with Crippen molar-refractivity contribution in [1.29, 1.82) is 0 Å². The number of benzene rings is 2. The number of para-hydroxylation sites is 1. The van der Waals surface area contributed by atoms with E-state index < -0.39 is 0 Å². The zero-order chi connectivity index (χ0) is 15.6. The molecule has 0 aliphatic heterocycles. The first-order valence-electron chi connectivity index (χ1n) is 6.93. The highest BCUT2D eigenvalue weighted by atomic mass is 35.5. The summed E-state index contributed by atoms with van der Waals surface area (Å²) < 4.78 is 1.21. The molecule has 2 aromatic heterocycles. The normalized spacial score (nSPS) is 11.2. The Morgan fingerprint density at radius 2 is 1.87 bits per heavy atom. The molecule has 0 saturated carbocycles. The Balaban J connectivity index is 1.48. The number of hydrogen-bond acceptors (Lipinski definition) is 5. The maximum Gasteiger partial charge on any atom is 0.209 e. The standard InChI is InChI=1S/C16H11ClN4S2/c17-11-7-5-10(6-8-11)15-19-16(21-20-15)22-9-14-18-12-3-1-2-4-13(12)23-14/h1-8H,9H2,(H,19,20,21). The number of rotatable bonds is 4. The number of aromatic nitrogens is 4. The summed E-state index contributed by atoms with van der Waals surface area (Å²) in [5.74, 6) is 1.51. The minimum absolute atomic E-state index is 0.707. The molecule has 4 aromatic rings. The van der Waals surface area contributed by atoms with Gasteiger partial charge in [0.1, 0.15) is 5.01 Å². The molecule has 0 bridgehead atoms. The zero-order valence-electron chi connectivity index (χ0n) is 11.9. The number of hydrogen-bond donors (Lipinski definition) is 1. The van der Waals surface area contributed by atoms with Gasteiger partial charge in [0.15, 0.2) is 5.82 Å². The number of halogens is 1. The van der Waals surface area contributed by atoms with E-state index in [1.54, 1.807) is 23.1 Å². The molecular formula is C16H11ClN4S2. The largest absolute Gasteiger partial charge is 0.258 e. The summed E-state index contributed by atoms with van der Waals surface area (Å²) in [6, 6.07) is 15.7. The van der Waals surface area contributed by atoms with Crippen LogP contribution in [0.15, 0.2) is 53.7 Å². The number of nitrogens with zero attached hydrogens (tertiary/aromatic N) is 3. The van der Waals surface area contributed by atoms with E-state index in [2.05, 4.69) is 26.2 Å². The van der Waals surface area contributed by atoms with Gasteiger partial charge in [-0.3, -0.25) is 5.10 Å². The van der Waals surface area contributed by atoms with Crippen molar-refractivity contribution in [1.82, 2.24) is 20.2 Å². The average molecular weight is 359 g/mol. The van der Waals surface area contributed by atoms with Gasteiger partial charge in [0.05, 0.1) is 16.0 Å². The minimum Gasteiger partial charge on any atom is -0.258 e. The Kier molecular flexibility index (Phi) is 4.03. The second-order valence-corrected chi connectivity index (χ2v) is 7.33. The van der Waals surface area contributed by atoms with Crippen LogP contribution in [0.2, 0.25) is 5.02 Å². The third-order valence-corrected chi connectivity index (χ3v) is 5.58. The van der Waals surface area contributed by atoms with Gasteiger partial charge in [-0.25, -0.2) is 9.97 Å². The van der Waals surface area contributed by atoms with Crippen molar-refractivity contribution in [2.24, 2.45) is 0 Å². The Hall–Kier alpha value is -1.89. The van der Waals surface area contributed by atoms with Crippen LogP contribution in [-0.2, 0) is 5.75 Å². The number of aromatic amines is 1. The van der Waals surface area contributed by atoms with Gasteiger partial charge in [-0.15, -0.1) is 16.4 Å². The average Bonchev–Trinajstić information content (AvgIpc) is 3.20. The molecule has 0 atom stereocenters. The van der Waals surface area contributed by atoms with Crippen LogP contribution in [0.25, 0.3) is 21.6 Å². The summed E-state index contributed by atoms with van der Waals surface area (Å²) in [6.45, 7) is 0. The molecule has 0 spiro atoms. The smallest absolute Gasteiger partial charge is 0.209 e. The Bertz CT molecular complexity index is 913. The van der Waals surface area contributed by atoms with Gasteiger partial charge in [-0.2, -0.15) is 0 Å². The van der Waals surface area contributed by atoms with Crippen LogP contribution < -0.4 is 0 Å². The van der Waals surface area contributed by atoms with Crippen molar-refractivity contribution < 1.29 is 0 Å². The third kappa shape index (κ3) is 3.24. The number of fused-ring (bicyclic) bond motifs is 1. The summed E-state index contributed by atoms with van der Waals surface area (Å²) in [7, 11) is 0. The lowest BCUT2D eigenvalue weighted by Crippen LogP contribution is -1.81. The van der Waals surface area contributed by atoms with Gasteiger partial charge < -0.3 is 0 Å². The van der Waals surface area contributed by atoms with Crippen LogP contribution >= 0.6 is 34.7 Å². The summed E-state index contributed by atoms with van der Waals surface area (Å²) in [5, 5.41) is 9.72. The molecule has 4 nitrogen and oxygen atoms in total. The molecule has 0 aliphatic carbocycles. The van der Waals surface area contributed by atoms with E-state index >= 15 is 0 Å². The molecule has 4 rings (SSSR count). The molecule has 1 N–H and O–H groups in total. The number of thioether (sulfide) groups is 1. The molecular weight excluding hydrogens is 348 g/mol. The fraction of sp³-hybridized carbons (Fsp3) is 0.0625. The third-order valence-electron chi connectivity index (χ3n) is 3.25. The molecule has 2 aromatic carbocycles. The Morgan fingerprint density at radius 1 is 1.04 bits per heavy atom. The Morgan fingerprint density at radius 3 is 2.70 bits per heavy atom. The van der Waals surface area contributed by atoms with Gasteiger partial charge in [0.25, 0.3) is 0 Å². The molecule has 0 amide bonds. The molecule has 0 aliphatic rings. The topological polar surface area (TPSA) is 54.5 Å². The monoisotopic (exact) mass is 358 g/mol. The Labute approximate surface area is 145 Å². The summed E-state index contributed by atoms with van der Waals surface area (Å²) in [4.78, 5) is 9.13. The highest BCUT2D eigenvalue weighted by Gasteiger charge is 2.09. The maximum atomic E-state index is 5.90. The van der Waals surface area contributed by atoms with Crippen LogP contribution in [0.3, 0.4) is 0 Å². The van der Waals surface area contributed by atoms with Gasteiger partial charge in [-0.1, -0.05) is 35.5 Å². The first-order valence-corrected chi connectivity index (χ1v) is 9.11. The highest BCUT2D eigenvalue weighted by Crippen LogP contribution is 2.28. The molecule has 0 saturated heterocycles. The molecule has 23 heavy (non-hydrogen) atoms. The van der Waals surface area contributed by atoms with Crippen molar-refractivity contribution in [3.8, 4) is 11.4 Å². The van der Waals surface area contributed by atoms with Gasteiger partial charge >= 0.3 is 0 Å². The van der Waals surface area contributed by atoms with Crippen molar-refractivity contribution in [3.05, 3.63) is 58.6 Å². The van der Waals surface area contributed by atoms with Crippen molar-refractivity contribution in [2.45, 2.75) is 10.9 Å². The van der Waals surface area contributed by atoms with Crippen molar-refractivity contribution in [3.63, 3.8) is 0 Å². The van der Waals surface area contributed by atoms with Crippen molar-refractivity contribution >= 4 is 44.9 Å². The predicted octanol–water partition coefficient (Wildman–Crippen LogP) is 5.03. The first-order chi connectivity index (χ1) is 11.3. The van der Waals surface area contributed by atoms with Gasteiger partial charge in [-0.05, 0) is 36.4 Å². The summed E-state index contributed by atoms with van der Waals surface area (Å²) >= 11 is 9.18. The molecule has 7 heteroatoms. The van der Waals surface area contributed by atoms with Gasteiger partial charge in [0.2, 0.25) is 5.16 Å². The quantitative estimate of drug-likeness (QED) is 0.520. The molecule has 0 radical (unpaired) electrons. The van der Waals surface area contributed by atoms with Gasteiger partial charge in [0, 0.05) is 10.6 Å². The molecule has 0 unspecified atom stereocenters. The highest BCUT2D eigenvalue weighted by molar-refractivity contribution is 7.98. The molecule has 2 heterocycles. The van der Waals surface area contributed by atoms with E-state index in [1.165, 1.54) is 4.70 Å². The lowest BCUT2D eigenvalue weighted by Gasteiger charge is -1.95. The number of nitrogens with one attached hydrogen (secondary N) is 1. The second kappa shape index (κ2) is 6.31.